The van der Waals surface area contributed by atoms with E-state index in [1.54, 1.807) is 28.9 Å². The number of benzene rings is 1. The summed E-state index contributed by atoms with van der Waals surface area (Å²) in [6, 6.07) is 8.07. The maximum Gasteiger partial charge on any atom is 0.175 e. The minimum absolute atomic E-state index is 0.262. The van der Waals surface area contributed by atoms with Crippen LogP contribution in [0.25, 0.3) is 5.65 Å². The summed E-state index contributed by atoms with van der Waals surface area (Å²) in [5.41, 5.74) is 1.30. The van der Waals surface area contributed by atoms with Crippen molar-refractivity contribution in [2.75, 3.05) is 11.6 Å². The van der Waals surface area contributed by atoms with Crippen LogP contribution in [0.3, 0.4) is 0 Å². The molecular formula is C13H10BrClN4O2S. The van der Waals surface area contributed by atoms with Gasteiger partial charge >= 0.3 is 0 Å². The number of halogens is 2. The summed E-state index contributed by atoms with van der Waals surface area (Å²) in [5, 5.41) is 7.67. The van der Waals surface area contributed by atoms with Gasteiger partial charge in [-0.25, -0.2) is 13.4 Å². The molecule has 22 heavy (non-hydrogen) atoms. The molecule has 0 aliphatic carbocycles. The molecule has 0 amide bonds. The Hall–Kier alpha value is -1.64. The predicted molar refractivity (Wildman–Crippen MR) is 88.5 cm³/mol. The summed E-state index contributed by atoms with van der Waals surface area (Å²) in [6.45, 7) is 0. The maximum atomic E-state index is 11.5. The number of hydrogen-bond acceptors (Lipinski definition) is 5. The first-order valence-corrected chi connectivity index (χ1v) is 9.18. The van der Waals surface area contributed by atoms with Gasteiger partial charge in [-0.1, -0.05) is 11.6 Å². The van der Waals surface area contributed by atoms with Gasteiger partial charge in [0, 0.05) is 18.0 Å². The Morgan fingerprint density at radius 2 is 1.95 bits per heavy atom. The van der Waals surface area contributed by atoms with E-state index in [1.807, 2.05) is 0 Å². The zero-order valence-electron chi connectivity index (χ0n) is 11.3. The second-order valence-corrected chi connectivity index (χ2v) is 7.87. The van der Waals surface area contributed by atoms with Crippen molar-refractivity contribution in [2.24, 2.45) is 0 Å². The average Bonchev–Trinajstić information content (AvgIpc) is 2.80. The van der Waals surface area contributed by atoms with Gasteiger partial charge in [-0.15, -0.1) is 0 Å². The van der Waals surface area contributed by atoms with Crippen molar-refractivity contribution in [3.8, 4) is 0 Å². The Bertz CT molecular complexity index is 954. The Balaban J connectivity index is 2.00. The van der Waals surface area contributed by atoms with Crippen LogP contribution in [0.15, 0.2) is 45.9 Å². The molecule has 0 bridgehead atoms. The molecule has 1 N–H and O–H groups in total. The molecule has 2 heterocycles. The summed E-state index contributed by atoms with van der Waals surface area (Å²) in [5.74, 6) is 0.618. The first-order chi connectivity index (χ1) is 10.3. The molecule has 0 saturated carbocycles. The lowest BCUT2D eigenvalue weighted by molar-refractivity contribution is 0.602. The summed E-state index contributed by atoms with van der Waals surface area (Å²) in [7, 11) is -3.21. The highest BCUT2D eigenvalue weighted by atomic mass is 79.9. The molecular weight excluding hydrogens is 392 g/mol. The first-order valence-electron chi connectivity index (χ1n) is 6.11. The Morgan fingerprint density at radius 1 is 1.27 bits per heavy atom. The highest BCUT2D eigenvalue weighted by Crippen LogP contribution is 2.25. The predicted octanol–water partition coefficient (Wildman–Crippen LogP) is 3.29. The van der Waals surface area contributed by atoms with E-state index in [1.165, 1.54) is 18.4 Å². The van der Waals surface area contributed by atoms with Crippen molar-refractivity contribution < 1.29 is 8.42 Å². The molecule has 0 aliphatic heterocycles. The monoisotopic (exact) mass is 400 g/mol. The van der Waals surface area contributed by atoms with Gasteiger partial charge in [-0.2, -0.15) is 9.61 Å². The first kappa shape index (κ1) is 15.3. The van der Waals surface area contributed by atoms with Crippen LogP contribution in [-0.2, 0) is 9.84 Å². The van der Waals surface area contributed by atoms with Gasteiger partial charge in [0.1, 0.15) is 11.0 Å². The van der Waals surface area contributed by atoms with Crippen molar-refractivity contribution in [3.63, 3.8) is 0 Å². The van der Waals surface area contributed by atoms with Gasteiger partial charge in [-0.3, -0.25) is 0 Å². The third-order valence-electron chi connectivity index (χ3n) is 2.95. The number of anilines is 2. The van der Waals surface area contributed by atoms with Crippen LogP contribution in [0.4, 0.5) is 11.5 Å². The molecule has 2 aromatic heterocycles. The van der Waals surface area contributed by atoms with Crippen molar-refractivity contribution >= 4 is 54.5 Å². The zero-order chi connectivity index (χ0) is 15.9. The minimum Gasteiger partial charge on any atom is -0.340 e. The van der Waals surface area contributed by atoms with E-state index in [4.69, 9.17) is 11.6 Å². The van der Waals surface area contributed by atoms with E-state index in [9.17, 15) is 8.42 Å². The van der Waals surface area contributed by atoms with Gasteiger partial charge in [0.15, 0.2) is 15.5 Å². The molecule has 0 fully saturated rings. The quantitative estimate of drug-likeness (QED) is 0.682. The average molecular weight is 402 g/mol. The fourth-order valence-corrected chi connectivity index (χ4v) is 3.09. The Morgan fingerprint density at radius 3 is 2.59 bits per heavy atom. The van der Waals surface area contributed by atoms with Gasteiger partial charge in [0.25, 0.3) is 0 Å². The number of sulfone groups is 1. The summed E-state index contributed by atoms with van der Waals surface area (Å²) in [6.07, 6.45) is 2.79. The van der Waals surface area contributed by atoms with E-state index in [-0.39, 0.29) is 4.90 Å². The van der Waals surface area contributed by atoms with E-state index >= 15 is 0 Å². The molecule has 0 aliphatic rings. The number of nitrogens with zero attached hydrogens (tertiary/aromatic N) is 3. The Labute approximate surface area is 140 Å². The summed E-state index contributed by atoms with van der Waals surface area (Å²) < 4.78 is 25.2. The number of aromatic nitrogens is 3. The van der Waals surface area contributed by atoms with Crippen LogP contribution in [0.2, 0.25) is 5.15 Å². The van der Waals surface area contributed by atoms with Crippen molar-refractivity contribution in [1.82, 2.24) is 14.6 Å². The van der Waals surface area contributed by atoms with E-state index in [2.05, 4.69) is 31.3 Å². The smallest absolute Gasteiger partial charge is 0.175 e. The highest BCUT2D eigenvalue weighted by Gasteiger charge is 2.10. The third-order valence-corrected chi connectivity index (χ3v) is 4.83. The van der Waals surface area contributed by atoms with Crippen LogP contribution < -0.4 is 5.32 Å². The highest BCUT2D eigenvalue weighted by molar-refractivity contribution is 9.10. The van der Waals surface area contributed by atoms with Crippen molar-refractivity contribution in [3.05, 3.63) is 46.2 Å². The van der Waals surface area contributed by atoms with Gasteiger partial charge in [-0.05, 0) is 40.2 Å². The van der Waals surface area contributed by atoms with E-state index in [0.29, 0.717) is 22.3 Å². The van der Waals surface area contributed by atoms with Gasteiger partial charge < -0.3 is 5.32 Å². The second-order valence-electron chi connectivity index (χ2n) is 4.61. The summed E-state index contributed by atoms with van der Waals surface area (Å²) >= 11 is 9.36. The fourth-order valence-electron chi connectivity index (χ4n) is 1.93. The fraction of sp³-hybridized carbons (Fsp3) is 0.0769. The van der Waals surface area contributed by atoms with Crippen LogP contribution in [-0.4, -0.2) is 29.3 Å². The lowest BCUT2D eigenvalue weighted by Crippen LogP contribution is -2.02. The molecule has 1 aromatic carbocycles. The standard InChI is InChI=1S/C13H10BrClN4O2S/c1-22(20,21)9-4-2-8(3-5-9)17-12-6-11(15)18-13-10(14)7-16-19(12)13/h2-7,17H,1H3. The van der Waals surface area contributed by atoms with Crippen LogP contribution in [0.1, 0.15) is 0 Å². The molecule has 0 saturated heterocycles. The normalized spacial score (nSPS) is 11.8. The molecule has 9 heteroatoms. The van der Waals surface area contributed by atoms with Crippen LogP contribution >= 0.6 is 27.5 Å². The molecule has 0 spiro atoms. The largest absolute Gasteiger partial charge is 0.340 e. The van der Waals surface area contributed by atoms with Gasteiger partial charge in [0.2, 0.25) is 0 Å². The molecule has 3 rings (SSSR count). The minimum atomic E-state index is -3.21. The topological polar surface area (TPSA) is 76.4 Å². The van der Waals surface area contributed by atoms with Crippen LogP contribution in [0, 0.1) is 0 Å². The third kappa shape index (κ3) is 2.94. The van der Waals surface area contributed by atoms with E-state index in [0.717, 1.165) is 4.47 Å². The summed E-state index contributed by atoms with van der Waals surface area (Å²) in [4.78, 5) is 4.45. The lowest BCUT2D eigenvalue weighted by atomic mass is 10.3. The molecule has 0 unspecified atom stereocenters. The maximum absolute atomic E-state index is 11.5. The van der Waals surface area contributed by atoms with Crippen molar-refractivity contribution in [1.29, 1.82) is 0 Å². The van der Waals surface area contributed by atoms with Crippen molar-refractivity contribution in [2.45, 2.75) is 4.90 Å². The zero-order valence-corrected chi connectivity index (χ0v) is 14.4. The second kappa shape index (κ2) is 5.53. The number of rotatable bonds is 3. The van der Waals surface area contributed by atoms with Crippen LogP contribution in [0.5, 0.6) is 0 Å². The Kier molecular flexibility index (Phi) is 3.84. The molecule has 3 aromatic rings. The number of hydrogen-bond donors (Lipinski definition) is 1. The lowest BCUT2D eigenvalue weighted by Gasteiger charge is -2.09. The molecule has 0 atom stereocenters. The number of fused-ring (bicyclic) bond motifs is 1. The SMILES string of the molecule is CS(=O)(=O)c1ccc(Nc2cc(Cl)nc3c(Br)cnn23)cc1. The van der Waals surface area contributed by atoms with E-state index < -0.39 is 9.84 Å². The molecule has 114 valence electrons. The van der Waals surface area contributed by atoms with Gasteiger partial charge in [0.05, 0.1) is 15.6 Å². The molecule has 6 nitrogen and oxygen atoms in total. The molecule has 0 radical (unpaired) electrons. The number of nitrogens with one attached hydrogen (secondary N) is 1.